The molecule has 0 aliphatic heterocycles. The molecule has 5 nitrogen and oxygen atoms in total. The number of hydrogen-bond acceptors (Lipinski definition) is 5. The highest BCUT2D eigenvalue weighted by molar-refractivity contribution is 7.98. The third-order valence-electron chi connectivity index (χ3n) is 4.02. The molecule has 0 aliphatic rings. The SMILES string of the molecule is CC(C)c1ccc(OCc2nnc(SCc3ccc(Cl)cc3Cl)n2N)cc1. The summed E-state index contributed by atoms with van der Waals surface area (Å²) in [6.07, 6.45) is 0. The van der Waals surface area contributed by atoms with Gasteiger partial charge in [0.15, 0.2) is 5.82 Å². The van der Waals surface area contributed by atoms with Gasteiger partial charge in [0.2, 0.25) is 5.16 Å². The lowest BCUT2D eigenvalue weighted by atomic mass is 10.0. The van der Waals surface area contributed by atoms with Crippen LogP contribution in [0.25, 0.3) is 0 Å². The largest absolute Gasteiger partial charge is 0.486 e. The number of hydrogen-bond donors (Lipinski definition) is 1. The van der Waals surface area contributed by atoms with Crippen molar-refractivity contribution in [2.24, 2.45) is 0 Å². The van der Waals surface area contributed by atoms with Gasteiger partial charge < -0.3 is 10.6 Å². The number of thioether (sulfide) groups is 1. The lowest BCUT2D eigenvalue weighted by Gasteiger charge is -2.09. The molecule has 8 heteroatoms. The Morgan fingerprint density at radius 2 is 1.85 bits per heavy atom. The molecule has 142 valence electrons. The number of aromatic nitrogens is 3. The molecule has 0 spiro atoms. The van der Waals surface area contributed by atoms with Gasteiger partial charge in [-0.15, -0.1) is 10.2 Å². The van der Waals surface area contributed by atoms with Crippen LogP contribution in [0.4, 0.5) is 0 Å². The summed E-state index contributed by atoms with van der Waals surface area (Å²) in [5, 5.41) is 10.1. The summed E-state index contributed by atoms with van der Waals surface area (Å²) >= 11 is 13.6. The van der Waals surface area contributed by atoms with Crippen LogP contribution in [0.2, 0.25) is 10.0 Å². The van der Waals surface area contributed by atoms with Crippen LogP contribution in [0.5, 0.6) is 5.75 Å². The predicted octanol–water partition coefficient (Wildman–Crippen LogP) is 5.29. The van der Waals surface area contributed by atoms with Crippen molar-refractivity contribution < 1.29 is 4.74 Å². The van der Waals surface area contributed by atoms with Crippen LogP contribution in [-0.4, -0.2) is 14.9 Å². The minimum atomic E-state index is 0.243. The molecule has 0 atom stereocenters. The Bertz CT molecular complexity index is 913. The van der Waals surface area contributed by atoms with Crippen LogP contribution in [0.15, 0.2) is 47.6 Å². The topological polar surface area (TPSA) is 66.0 Å². The molecule has 3 aromatic rings. The Hall–Kier alpha value is -1.89. The van der Waals surface area contributed by atoms with Crippen LogP contribution in [0, 0.1) is 0 Å². The van der Waals surface area contributed by atoms with E-state index in [1.54, 1.807) is 12.1 Å². The van der Waals surface area contributed by atoms with Gasteiger partial charge in [-0.1, -0.05) is 67.0 Å². The minimum Gasteiger partial charge on any atom is -0.486 e. The number of rotatable bonds is 7. The van der Waals surface area contributed by atoms with Crippen molar-refractivity contribution in [2.75, 3.05) is 5.84 Å². The van der Waals surface area contributed by atoms with E-state index < -0.39 is 0 Å². The fourth-order valence-electron chi connectivity index (χ4n) is 2.38. The Morgan fingerprint density at radius 3 is 2.52 bits per heavy atom. The molecule has 0 unspecified atom stereocenters. The molecule has 2 aromatic carbocycles. The summed E-state index contributed by atoms with van der Waals surface area (Å²) < 4.78 is 7.21. The van der Waals surface area contributed by atoms with E-state index in [1.807, 2.05) is 18.2 Å². The zero-order chi connectivity index (χ0) is 19.4. The first-order chi connectivity index (χ1) is 12.9. The van der Waals surface area contributed by atoms with Crippen LogP contribution < -0.4 is 10.6 Å². The molecular formula is C19H20Cl2N4OS. The fraction of sp³-hybridized carbons (Fsp3) is 0.263. The van der Waals surface area contributed by atoms with Crippen molar-refractivity contribution in [2.45, 2.75) is 37.3 Å². The molecule has 2 N–H and O–H groups in total. The second kappa shape index (κ2) is 8.87. The van der Waals surface area contributed by atoms with Gasteiger partial charge in [0.25, 0.3) is 0 Å². The van der Waals surface area contributed by atoms with Crippen LogP contribution in [-0.2, 0) is 12.4 Å². The van der Waals surface area contributed by atoms with Crippen molar-refractivity contribution in [3.8, 4) is 5.75 Å². The van der Waals surface area contributed by atoms with Crippen LogP contribution >= 0.6 is 35.0 Å². The summed E-state index contributed by atoms with van der Waals surface area (Å²) in [5.41, 5.74) is 2.22. The summed E-state index contributed by atoms with van der Waals surface area (Å²) in [6.45, 7) is 4.55. The molecule has 27 heavy (non-hydrogen) atoms. The van der Waals surface area contributed by atoms with Gasteiger partial charge in [-0.2, -0.15) is 0 Å². The van der Waals surface area contributed by atoms with Gasteiger partial charge in [0.1, 0.15) is 12.4 Å². The lowest BCUT2D eigenvalue weighted by Crippen LogP contribution is -2.15. The third-order valence-corrected chi connectivity index (χ3v) is 5.60. The van der Waals surface area contributed by atoms with Gasteiger partial charge in [0.05, 0.1) is 0 Å². The summed E-state index contributed by atoms with van der Waals surface area (Å²) in [5.74, 6) is 8.51. The number of halogens is 2. The van der Waals surface area contributed by atoms with Crippen molar-refractivity contribution >= 4 is 35.0 Å². The number of benzene rings is 2. The zero-order valence-corrected chi connectivity index (χ0v) is 17.4. The molecule has 1 heterocycles. The van der Waals surface area contributed by atoms with Crippen molar-refractivity contribution in [1.82, 2.24) is 14.9 Å². The molecular weight excluding hydrogens is 403 g/mol. The van der Waals surface area contributed by atoms with Crippen molar-refractivity contribution in [3.05, 3.63) is 69.5 Å². The lowest BCUT2D eigenvalue weighted by molar-refractivity contribution is 0.291. The van der Waals surface area contributed by atoms with E-state index in [0.717, 1.165) is 11.3 Å². The summed E-state index contributed by atoms with van der Waals surface area (Å²) in [4.78, 5) is 0. The molecule has 0 saturated heterocycles. The Balaban J connectivity index is 1.59. The van der Waals surface area contributed by atoms with E-state index in [0.29, 0.717) is 32.7 Å². The number of nitrogen functional groups attached to an aromatic ring is 1. The maximum atomic E-state index is 6.20. The highest BCUT2D eigenvalue weighted by Gasteiger charge is 2.12. The maximum Gasteiger partial charge on any atom is 0.210 e. The average Bonchev–Trinajstić information content (AvgIpc) is 2.99. The van der Waals surface area contributed by atoms with E-state index in [4.69, 9.17) is 33.8 Å². The van der Waals surface area contributed by atoms with E-state index in [-0.39, 0.29) is 6.61 Å². The quantitative estimate of drug-likeness (QED) is 0.413. The Morgan fingerprint density at radius 1 is 1.11 bits per heavy atom. The standard InChI is InChI=1S/C19H20Cl2N4OS/c1-12(2)13-4-7-16(8-5-13)26-10-18-23-24-19(25(18)22)27-11-14-3-6-15(20)9-17(14)21/h3-9,12H,10-11,22H2,1-2H3. The first-order valence-corrected chi connectivity index (χ1v) is 10.2. The normalized spacial score (nSPS) is 11.1. The molecule has 0 fully saturated rings. The fourth-order valence-corrected chi connectivity index (χ4v) is 3.82. The first kappa shape index (κ1) is 19.9. The third kappa shape index (κ3) is 5.09. The first-order valence-electron chi connectivity index (χ1n) is 8.43. The van der Waals surface area contributed by atoms with Gasteiger partial charge >= 0.3 is 0 Å². The Labute approximate surface area is 172 Å². The van der Waals surface area contributed by atoms with Gasteiger partial charge in [-0.3, -0.25) is 0 Å². The van der Waals surface area contributed by atoms with Gasteiger partial charge in [0, 0.05) is 15.8 Å². The second-order valence-electron chi connectivity index (χ2n) is 6.31. The number of nitrogens with zero attached hydrogens (tertiary/aromatic N) is 3. The van der Waals surface area contributed by atoms with E-state index in [1.165, 1.54) is 22.0 Å². The average molecular weight is 423 g/mol. The highest BCUT2D eigenvalue weighted by atomic mass is 35.5. The predicted molar refractivity (Wildman–Crippen MR) is 111 cm³/mol. The minimum absolute atomic E-state index is 0.243. The molecule has 0 bridgehead atoms. The van der Waals surface area contributed by atoms with E-state index in [2.05, 4.69) is 36.2 Å². The maximum absolute atomic E-state index is 6.20. The van der Waals surface area contributed by atoms with Crippen LogP contribution in [0.3, 0.4) is 0 Å². The molecule has 0 amide bonds. The molecule has 3 rings (SSSR count). The second-order valence-corrected chi connectivity index (χ2v) is 8.09. The number of nitrogens with two attached hydrogens (primary N) is 1. The van der Waals surface area contributed by atoms with Gasteiger partial charge in [-0.05, 0) is 41.3 Å². The Kier molecular flexibility index (Phi) is 6.52. The summed E-state index contributed by atoms with van der Waals surface area (Å²) in [7, 11) is 0. The molecule has 0 radical (unpaired) electrons. The molecule has 0 aliphatic carbocycles. The van der Waals surface area contributed by atoms with E-state index >= 15 is 0 Å². The zero-order valence-electron chi connectivity index (χ0n) is 15.0. The van der Waals surface area contributed by atoms with Crippen molar-refractivity contribution in [1.29, 1.82) is 0 Å². The van der Waals surface area contributed by atoms with Crippen LogP contribution in [0.1, 0.15) is 36.7 Å². The monoisotopic (exact) mass is 422 g/mol. The van der Waals surface area contributed by atoms with Crippen molar-refractivity contribution in [3.63, 3.8) is 0 Å². The smallest absolute Gasteiger partial charge is 0.210 e. The van der Waals surface area contributed by atoms with Gasteiger partial charge in [-0.25, -0.2) is 4.68 Å². The molecule has 1 aromatic heterocycles. The number of ether oxygens (including phenoxy) is 1. The van der Waals surface area contributed by atoms with E-state index in [9.17, 15) is 0 Å². The molecule has 0 saturated carbocycles. The summed E-state index contributed by atoms with van der Waals surface area (Å²) in [6, 6.07) is 13.4. The highest BCUT2D eigenvalue weighted by Crippen LogP contribution is 2.27.